The van der Waals surface area contributed by atoms with Crippen LogP contribution in [-0.2, 0) is 22.8 Å². The summed E-state index contributed by atoms with van der Waals surface area (Å²) in [7, 11) is 0. The summed E-state index contributed by atoms with van der Waals surface area (Å²) in [5.41, 5.74) is 31.4. The SMILES string of the molecule is Cc1cc(C)c(-c2c3nc(c(-c4cc5c6c7c4cccc7c4cccc7c(-c8ccc(C(C)(C)C)cc8)cc(c6c74)n5Cc4cc(C(C)(C)C)cc(C(C)(C)C)c4)c4ccc([nH]4)c(-c4c(C)cc(C)cc4C)c4nc(c(C#Cc5ccc(C(=O)O)cc5)c5ccc2[nH]5)C=C4)C=C3)c(C)c1. The van der Waals surface area contributed by atoms with Crippen molar-refractivity contribution in [1.82, 2.24) is 24.5 Å². The van der Waals surface area contributed by atoms with Gasteiger partial charge in [-0.1, -0.05) is 188 Å². The normalized spacial score (nSPS) is 12.8. The number of rotatable bonds is 7. The largest absolute Gasteiger partial charge is 0.478 e. The van der Waals surface area contributed by atoms with Crippen LogP contribution in [0.15, 0.2) is 164 Å². The van der Waals surface area contributed by atoms with Crippen LogP contribution in [0, 0.1) is 53.4 Å². The van der Waals surface area contributed by atoms with Gasteiger partial charge in [0.25, 0.3) is 0 Å². The number of benzene rings is 10. The second-order valence-corrected chi connectivity index (χ2v) is 31.1. The maximum Gasteiger partial charge on any atom is 0.335 e. The lowest BCUT2D eigenvalue weighted by Crippen LogP contribution is -2.17. The first-order chi connectivity index (χ1) is 47.2. The molecule has 10 aromatic carbocycles. The highest BCUT2D eigenvalue weighted by Crippen LogP contribution is 2.53. The molecule has 0 amide bonds. The van der Waals surface area contributed by atoms with Crippen LogP contribution in [0.5, 0.6) is 0 Å². The maximum absolute atomic E-state index is 11.9. The van der Waals surface area contributed by atoms with E-state index in [0.717, 1.165) is 100 Å². The number of carboxylic acids is 1. The molecule has 0 aliphatic carbocycles. The van der Waals surface area contributed by atoms with Crippen LogP contribution in [0.4, 0.5) is 0 Å². The van der Waals surface area contributed by atoms with Gasteiger partial charge in [-0.3, -0.25) is 0 Å². The number of hydrogen-bond acceptors (Lipinski definition) is 3. The number of fused-ring (bicyclic) bond motifs is 9. The summed E-state index contributed by atoms with van der Waals surface area (Å²) in [5.74, 6) is 5.97. The van der Waals surface area contributed by atoms with Gasteiger partial charge in [0.15, 0.2) is 0 Å². The molecule has 0 atom stereocenters. The zero-order valence-corrected chi connectivity index (χ0v) is 59.3. The van der Waals surface area contributed by atoms with E-state index in [1.54, 1.807) is 24.3 Å². The third-order valence-corrected chi connectivity index (χ3v) is 20.9. The Kier molecular flexibility index (Phi) is 14.4. The fraction of sp³-hybridized carbons (Fsp3) is 0.207. The Morgan fingerprint density at radius 3 is 1.36 bits per heavy atom. The molecule has 0 spiro atoms. The van der Waals surface area contributed by atoms with Crippen LogP contribution >= 0.6 is 0 Å². The highest BCUT2D eigenvalue weighted by atomic mass is 16.4. The number of aromatic carboxylic acids is 1. The number of carbonyl (C=O) groups is 1. The van der Waals surface area contributed by atoms with Crippen molar-refractivity contribution in [2.75, 3.05) is 0 Å². The third kappa shape index (κ3) is 10.5. The van der Waals surface area contributed by atoms with Crippen LogP contribution in [-0.4, -0.2) is 35.6 Å². The molecular weight excluding hydrogens is 1210 g/mol. The number of aryl methyl sites for hydroxylation is 6. The average Bonchev–Trinajstić information content (AvgIpc) is 1.56. The van der Waals surface area contributed by atoms with Crippen molar-refractivity contribution in [3.8, 4) is 56.3 Å². The van der Waals surface area contributed by atoms with Gasteiger partial charge >= 0.3 is 5.97 Å². The molecule has 8 bridgehead atoms. The lowest BCUT2D eigenvalue weighted by atomic mass is 9.79. The highest BCUT2D eigenvalue weighted by molar-refractivity contribution is 6.42. The zero-order valence-electron chi connectivity index (χ0n) is 59.3. The summed E-state index contributed by atoms with van der Waals surface area (Å²) in [6.07, 6.45) is 8.65. The molecule has 0 radical (unpaired) electrons. The fourth-order valence-electron chi connectivity index (χ4n) is 16.2. The molecule has 7 nitrogen and oxygen atoms in total. The van der Waals surface area contributed by atoms with Crippen LogP contribution in [0.25, 0.3) is 145 Å². The van der Waals surface area contributed by atoms with Crippen LogP contribution in [0.1, 0.15) is 162 Å². The van der Waals surface area contributed by atoms with Crippen LogP contribution in [0.3, 0.4) is 0 Å². The van der Waals surface area contributed by atoms with Gasteiger partial charge in [0.05, 0.1) is 50.5 Å². The van der Waals surface area contributed by atoms with Crippen molar-refractivity contribution in [2.45, 2.75) is 127 Å². The molecular formula is C92H81N5O2. The molecule has 3 N–H and O–H groups in total. The van der Waals surface area contributed by atoms with E-state index in [0.29, 0.717) is 23.4 Å². The molecule has 0 saturated heterocycles. The first-order valence-corrected chi connectivity index (χ1v) is 34.7. The average molecular weight is 1290 g/mol. The van der Waals surface area contributed by atoms with E-state index in [1.807, 2.05) is 0 Å². The van der Waals surface area contributed by atoms with Gasteiger partial charge in [0.1, 0.15) is 0 Å². The highest BCUT2D eigenvalue weighted by Gasteiger charge is 2.30. The van der Waals surface area contributed by atoms with E-state index >= 15 is 0 Å². The molecule has 4 aromatic heterocycles. The summed E-state index contributed by atoms with van der Waals surface area (Å²) in [5, 5.41) is 19.8. The topological polar surface area (TPSA) is 99.6 Å². The first-order valence-electron chi connectivity index (χ1n) is 34.7. The Morgan fingerprint density at radius 2 is 0.859 bits per heavy atom. The molecule has 7 heteroatoms. The Hall–Kier alpha value is -11.1. The smallest absolute Gasteiger partial charge is 0.335 e. The van der Waals surface area contributed by atoms with E-state index in [-0.39, 0.29) is 21.8 Å². The zero-order chi connectivity index (χ0) is 69.0. The van der Waals surface area contributed by atoms with Gasteiger partial charge in [-0.25, -0.2) is 14.8 Å². The maximum atomic E-state index is 11.9. The molecule has 99 heavy (non-hydrogen) atoms. The molecule has 0 unspecified atom stereocenters. The molecule has 14 aromatic rings. The Balaban J connectivity index is 1.07. The van der Waals surface area contributed by atoms with E-state index < -0.39 is 5.97 Å². The lowest BCUT2D eigenvalue weighted by molar-refractivity contribution is 0.0696. The summed E-state index contributed by atoms with van der Waals surface area (Å²) in [6.45, 7) is 34.7. The van der Waals surface area contributed by atoms with E-state index in [1.165, 1.54) is 93.2 Å². The molecule has 16 rings (SSSR count). The quantitative estimate of drug-likeness (QED) is 0.0841. The second-order valence-electron chi connectivity index (χ2n) is 31.1. The summed E-state index contributed by atoms with van der Waals surface area (Å²) in [6, 6.07) is 60.2. The summed E-state index contributed by atoms with van der Waals surface area (Å²) >= 11 is 0. The van der Waals surface area contributed by atoms with Crippen molar-refractivity contribution in [3.63, 3.8) is 0 Å². The molecule has 0 saturated carbocycles. The fourth-order valence-corrected chi connectivity index (χ4v) is 16.2. The van der Waals surface area contributed by atoms with Crippen molar-refractivity contribution in [2.24, 2.45) is 0 Å². The Labute approximate surface area is 579 Å². The van der Waals surface area contributed by atoms with E-state index in [4.69, 9.17) is 9.97 Å². The van der Waals surface area contributed by atoms with Gasteiger partial charge in [0, 0.05) is 66.9 Å². The number of carboxylic acid groups (broad SMARTS) is 1. The minimum Gasteiger partial charge on any atom is -0.478 e. The first kappa shape index (κ1) is 62.7. The van der Waals surface area contributed by atoms with Gasteiger partial charge in [-0.05, 0) is 237 Å². The number of nitrogens with zero attached hydrogens (tertiary/aromatic N) is 3. The monoisotopic (exact) mass is 1290 g/mol. The molecule has 2 aliphatic heterocycles. The van der Waals surface area contributed by atoms with Crippen LogP contribution < -0.4 is 0 Å². The predicted octanol–water partition coefficient (Wildman–Crippen LogP) is 23.7. The Morgan fingerprint density at radius 1 is 0.424 bits per heavy atom. The van der Waals surface area contributed by atoms with Crippen molar-refractivity contribution >= 4 is 106 Å². The van der Waals surface area contributed by atoms with Gasteiger partial charge < -0.3 is 19.6 Å². The molecule has 6 heterocycles. The van der Waals surface area contributed by atoms with Crippen molar-refractivity contribution < 1.29 is 9.90 Å². The summed E-state index contributed by atoms with van der Waals surface area (Å²) < 4.78 is 2.66. The van der Waals surface area contributed by atoms with Gasteiger partial charge in [0.2, 0.25) is 0 Å². The van der Waals surface area contributed by atoms with Crippen molar-refractivity contribution in [1.29, 1.82) is 0 Å². The van der Waals surface area contributed by atoms with Gasteiger partial charge in [-0.15, -0.1) is 0 Å². The van der Waals surface area contributed by atoms with Crippen molar-refractivity contribution in [3.05, 3.63) is 259 Å². The number of aromatic amines is 2. The number of H-pyrrole nitrogens is 2. The minimum atomic E-state index is -0.984. The Bertz CT molecular complexity index is 5950. The number of nitrogens with one attached hydrogen (secondary N) is 2. The minimum absolute atomic E-state index is 0.00934. The number of hydrogen-bond donors (Lipinski definition) is 3. The standard InChI is InChI=1S/C92H81N5O2/c1-50-40-52(3)80(53(4)41-50)85-74-34-32-70(93-74)67(31-24-56-22-25-59(26-23-56)89(98)99)71-33-35-75(94-71)86(81-54(5)42-51(2)43-55(81)6)77-39-37-73(96-77)84(72-36-38-76(85)95-72)69-48-79-88-83-64(19-17-21-66(69)83)63-18-16-20-65-68(58-27-29-60(30-28-58)90(7,8)9)47-78(87(88)82(63)65)97(79)49-57-44-61(91(10,11)12)46-62(45-57)92(13,14)15/h16-23,25-30,32-48,93,96H,49H2,1-15H3,(H,98,99). The molecule has 0 fully saturated rings. The second kappa shape index (κ2) is 22.8. The molecule has 2 aliphatic rings. The van der Waals surface area contributed by atoms with Gasteiger partial charge in [-0.2, -0.15) is 0 Å². The predicted molar refractivity (Wildman–Crippen MR) is 418 cm³/mol. The number of aromatic nitrogens is 5. The van der Waals surface area contributed by atoms with E-state index in [2.05, 4.69) is 294 Å². The third-order valence-electron chi connectivity index (χ3n) is 20.9. The molecule has 486 valence electrons. The summed E-state index contributed by atoms with van der Waals surface area (Å²) in [4.78, 5) is 31.6. The van der Waals surface area contributed by atoms with Crippen LogP contribution in [0.2, 0.25) is 0 Å². The van der Waals surface area contributed by atoms with E-state index in [9.17, 15) is 9.90 Å². The lowest BCUT2D eigenvalue weighted by Gasteiger charge is -2.26.